The number of oxazole rings is 1. The Balaban J connectivity index is 1.74. The molecule has 0 atom stereocenters. The first-order chi connectivity index (χ1) is 11.9. The molecule has 8 heteroatoms. The Hall–Kier alpha value is -2.74. The minimum atomic E-state index is -3.54. The highest BCUT2D eigenvalue weighted by Gasteiger charge is 2.13. The quantitative estimate of drug-likeness (QED) is 0.725. The molecule has 0 spiro atoms. The van der Waals surface area contributed by atoms with E-state index < -0.39 is 15.8 Å². The Morgan fingerprint density at radius 1 is 1.20 bits per heavy atom. The molecule has 0 saturated carbocycles. The number of aryl methyl sites for hydroxylation is 2. The van der Waals surface area contributed by atoms with E-state index in [1.54, 1.807) is 38.4 Å². The Morgan fingerprint density at radius 2 is 2.00 bits per heavy atom. The molecule has 1 heterocycles. The topological polar surface area (TPSA) is 90.5 Å². The first-order valence-electron chi connectivity index (χ1n) is 7.61. The highest BCUT2D eigenvalue weighted by Crippen LogP contribution is 2.19. The van der Waals surface area contributed by atoms with Gasteiger partial charge < -0.3 is 9.15 Å². The molecule has 3 aromatic rings. The lowest BCUT2D eigenvalue weighted by Crippen LogP contribution is -2.18. The van der Waals surface area contributed by atoms with Gasteiger partial charge in [0.1, 0.15) is 5.75 Å². The van der Waals surface area contributed by atoms with Crippen LogP contribution in [-0.4, -0.2) is 25.8 Å². The van der Waals surface area contributed by atoms with E-state index >= 15 is 0 Å². The number of rotatable bonds is 6. The molecule has 0 fully saturated rings. The molecule has 0 bridgehead atoms. The third kappa shape index (κ3) is 3.85. The highest BCUT2D eigenvalue weighted by molar-refractivity contribution is 7.92. The van der Waals surface area contributed by atoms with Gasteiger partial charge in [0.2, 0.25) is 10.0 Å². The van der Waals surface area contributed by atoms with Crippen LogP contribution in [0.5, 0.6) is 5.75 Å². The maximum Gasteiger partial charge on any atom is 0.419 e. The number of ether oxygens (including phenoxy) is 1. The van der Waals surface area contributed by atoms with E-state index in [-0.39, 0.29) is 5.75 Å². The van der Waals surface area contributed by atoms with Crippen LogP contribution in [0.1, 0.15) is 5.56 Å². The van der Waals surface area contributed by atoms with Crippen molar-refractivity contribution in [2.75, 3.05) is 17.6 Å². The highest BCUT2D eigenvalue weighted by atomic mass is 32.2. The fourth-order valence-corrected chi connectivity index (χ4v) is 3.59. The van der Waals surface area contributed by atoms with Gasteiger partial charge in [-0.1, -0.05) is 12.1 Å². The minimum Gasteiger partial charge on any atom is -0.497 e. The van der Waals surface area contributed by atoms with Gasteiger partial charge in [-0.25, -0.2) is 13.2 Å². The average Bonchev–Trinajstić information content (AvgIpc) is 2.87. The summed E-state index contributed by atoms with van der Waals surface area (Å²) in [4.78, 5) is 11.5. The normalized spacial score (nSPS) is 11.6. The summed E-state index contributed by atoms with van der Waals surface area (Å²) in [5.74, 6) is 0.130. The zero-order valence-corrected chi connectivity index (χ0v) is 14.7. The predicted molar refractivity (Wildman–Crippen MR) is 95.6 cm³/mol. The van der Waals surface area contributed by atoms with E-state index in [0.29, 0.717) is 29.0 Å². The SMILES string of the molecule is COc1cccc(CCS(=O)(=O)Nc2ccc3oc(=O)n(C)c3c2)c1. The first kappa shape index (κ1) is 17.1. The maximum atomic E-state index is 12.3. The second-order valence-corrected chi connectivity index (χ2v) is 7.47. The van der Waals surface area contributed by atoms with Gasteiger partial charge in [-0.05, 0) is 42.3 Å². The van der Waals surface area contributed by atoms with Gasteiger partial charge in [-0.3, -0.25) is 9.29 Å². The molecular weight excluding hydrogens is 344 g/mol. The van der Waals surface area contributed by atoms with E-state index in [4.69, 9.17) is 9.15 Å². The summed E-state index contributed by atoms with van der Waals surface area (Å²) in [5.41, 5.74) is 2.19. The third-order valence-electron chi connectivity index (χ3n) is 3.86. The summed E-state index contributed by atoms with van der Waals surface area (Å²) in [6, 6.07) is 12.0. The van der Waals surface area contributed by atoms with Crippen LogP contribution < -0.4 is 15.2 Å². The van der Waals surface area contributed by atoms with Gasteiger partial charge in [-0.2, -0.15) is 0 Å². The van der Waals surface area contributed by atoms with E-state index in [2.05, 4.69) is 4.72 Å². The molecule has 0 aliphatic heterocycles. The van der Waals surface area contributed by atoms with Gasteiger partial charge >= 0.3 is 5.76 Å². The summed E-state index contributed by atoms with van der Waals surface area (Å²) in [6.07, 6.45) is 0.360. The van der Waals surface area contributed by atoms with Gasteiger partial charge in [-0.15, -0.1) is 0 Å². The van der Waals surface area contributed by atoms with E-state index in [0.717, 1.165) is 5.56 Å². The lowest BCUT2D eigenvalue weighted by molar-refractivity contribution is 0.414. The number of fused-ring (bicyclic) bond motifs is 1. The molecule has 0 unspecified atom stereocenters. The van der Waals surface area contributed by atoms with Crippen LogP contribution in [0.3, 0.4) is 0 Å². The number of nitrogens with zero attached hydrogens (tertiary/aromatic N) is 1. The van der Waals surface area contributed by atoms with Gasteiger partial charge in [0, 0.05) is 7.05 Å². The summed E-state index contributed by atoms with van der Waals surface area (Å²) in [6.45, 7) is 0. The van der Waals surface area contributed by atoms with Crippen molar-refractivity contribution in [3.63, 3.8) is 0 Å². The molecule has 1 N–H and O–H groups in total. The van der Waals surface area contributed by atoms with E-state index in [1.165, 1.54) is 4.57 Å². The summed E-state index contributed by atoms with van der Waals surface area (Å²) < 4.78 is 38.7. The molecule has 0 aliphatic carbocycles. The van der Waals surface area contributed by atoms with E-state index in [1.807, 2.05) is 18.2 Å². The Morgan fingerprint density at radius 3 is 2.76 bits per heavy atom. The van der Waals surface area contributed by atoms with Crippen molar-refractivity contribution in [3.05, 3.63) is 58.6 Å². The molecule has 1 aromatic heterocycles. The van der Waals surface area contributed by atoms with Crippen molar-refractivity contribution in [2.45, 2.75) is 6.42 Å². The van der Waals surface area contributed by atoms with Crippen LogP contribution in [0.2, 0.25) is 0 Å². The average molecular weight is 362 g/mol. The molecular formula is C17H18N2O5S. The fourth-order valence-electron chi connectivity index (χ4n) is 2.50. The Kier molecular flexibility index (Phi) is 4.54. The zero-order chi connectivity index (χ0) is 18.0. The van der Waals surface area contributed by atoms with Crippen LogP contribution in [0.25, 0.3) is 11.1 Å². The van der Waals surface area contributed by atoms with Crippen molar-refractivity contribution >= 4 is 26.8 Å². The summed E-state index contributed by atoms with van der Waals surface area (Å²) in [7, 11) is -0.405. The van der Waals surface area contributed by atoms with E-state index in [9.17, 15) is 13.2 Å². The molecule has 2 aromatic carbocycles. The monoisotopic (exact) mass is 362 g/mol. The second-order valence-electron chi connectivity index (χ2n) is 5.63. The van der Waals surface area contributed by atoms with Gasteiger partial charge in [0.15, 0.2) is 5.58 Å². The van der Waals surface area contributed by atoms with Gasteiger partial charge in [0.25, 0.3) is 0 Å². The molecule has 25 heavy (non-hydrogen) atoms. The van der Waals surface area contributed by atoms with Crippen LogP contribution in [0.15, 0.2) is 51.7 Å². The number of nitrogens with one attached hydrogen (secondary N) is 1. The third-order valence-corrected chi connectivity index (χ3v) is 5.15. The molecule has 7 nitrogen and oxygen atoms in total. The Labute approximate surface area is 144 Å². The van der Waals surface area contributed by atoms with Crippen LogP contribution >= 0.6 is 0 Å². The molecule has 0 saturated heterocycles. The number of methoxy groups -OCH3 is 1. The fraction of sp³-hybridized carbons (Fsp3) is 0.235. The Bertz CT molecular complexity index is 1070. The van der Waals surface area contributed by atoms with Crippen LogP contribution in [0.4, 0.5) is 5.69 Å². The van der Waals surface area contributed by atoms with Crippen molar-refractivity contribution in [1.82, 2.24) is 4.57 Å². The lowest BCUT2D eigenvalue weighted by atomic mass is 10.2. The van der Waals surface area contributed by atoms with Crippen molar-refractivity contribution in [3.8, 4) is 5.75 Å². The zero-order valence-electron chi connectivity index (χ0n) is 13.9. The summed E-state index contributed by atoms with van der Waals surface area (Å²) >= 11 is 0. The van der Waals surface area contributed by atoms with Crippen LogP contribution in [0, 0.1) is 0 Å². The number of sulfonamides is 1. The minimum absolute atomic E-state index is 0.0669. The van der Waals surface area contributed by atoms with Crippen molar-refractivity contribution in [2.24, 2.45) is 7.05 Å². The van der Waals surface area contributed by atoms with Gasteiger partial charge in [0.05, 0.1) is 24.1 Å². The van der Waals surface area contributed by atoms with Crippen molar-refractivity contribution in [1.29, 1.82) is 0 Å². The molecule has 3 rings (SSSR count). The number of aromatic nitrogens is 1. The molecule has 0 amide bonds. The first-order valence-corrected chi connectivity index (χ1v) is 9.26. The molecule has 0 radical (unpaired) electrons. The van der Waals surface area contributed by atoms with Crippen LogP contribution in [-0.2, 0) is 23.5 Å². The smallest absolute Gasteiger partial charge is 0.419 e. The molecule has 132 valence electrons. The molecule has 0 aliphatic rings. The number of hydrogen-bond acceptors (Lipinski definition) is 5. The number of hydrogen-bond donors (Lipinski definition) is 1. The lowest BCUT2D eigenvalue weighted by Gasteiger charge is -2.09. The second kappa shape index (κ2) is 6.64. The number of benzene rings is 2. The summed E-state index contributed by atoms with van der Waals surface area (Å²) in [5, 5.41) is 0. The largest absolute Gasteiger partial charge is 0.497 e. The van der Waals surface area contributed by atoms with Crippen molar-refractivity contribution < 1.29 is 17.6 Å². The predicted octanol–water partition coefficient (Wildman–Crippen LogP) is 2.12. The standard InChI is InChI=1S/C17H18N2O5S/c1-19-15-11-13(6-7-16(15)24-17(19)20)18-25(21,22)9-8-12-4-3-5-14(10-12)23-2/h3-7,10-11,18H,8-9H2,1-2H3. The number of anilines is 1. The maximum absolute atomic E-state index is 12.3.